The van der Waals surface area contributed by atoms with E-state index in [1.165, 1.54) is 16.5 Å². The van der Waals surface area contributed by atoms with Crippen LogP contribution in [-0.2, 0) is 7.05 Å². The molecule has 2 rings (SSSR count). The summed E-state index contributed by atoms with van der Waals surface area (Å²) in [5.74, 6) is 0.547. The van der Waals surface area contributed by atoms with Crippen LogP contribution in [-0.4, -0.2) is 4.57 Å². The predicted octanol–water partition coefficient (Wildman–Crippen LogP) is 4.08. The summed E-state index contributed by atoms with van der Waals surface area (Å²) in [5.41, 5.74) is 9.77. The second-order valence-corrected chi connectivity index (χ2v) is 5.77. The molecule has 0 spiro atoms. The molecule has 1 aromatic carbocycles. The van der Waals surface area contributed by atoms with Gasteiger partial charge in [0.15, 0.2) is 0 Å². The summed E-state index contributed by atoms with van der Waals surface area (Å²) in [4.78, 5) is 0. The number of fused-ring (bicyclic) bond motifs is 1. The number of aryl methyl sites for hydroxylation is 1. The Morgan fingerprint density at radius 3 is 2.41 bits per heavy atom. The van der Waals surface area contributed by atoms with Crippen LogP contribution in [0.4, 0.5) is 0 Å². The average Bonchev–Trinajstić information content (AvgIpc) is 2.51. The molecular weight excluding hydrogens is 276 g/mol. The van der Waals surface area contributed by atoms with Crippen LogP contribution in [0.1, 0.15) is 44.0 Å². The first-order chi connectivity index (χ1) is 7.93. The quantitative estimate of drug-likeness (QED) is 0.889. The van der Waals surface area contributed by atoms with Crippen LogP contribution in [0.15, 0.2) is 22.7 Å². The van der Waals surface area contributed by atoms with Crippen molar-refractivity contribution in [3.05, 3.63) is 33.9 Å². The van der Waals surface area contributed by atoms with Gasteiger partial charge in [-0.25, -0.2) is 0 Å². The molecule has 0 saturated carbocycles. The Balaban J connectivity index is 2.75. The highest BCUT2D eigenvalue weighted by molar-refractivity contribution is 9.10. The molecular formula is C14H19BrN2. The minimum absolute atomic E-state index is 0.0317. The summed E-state index contributed by atoms with van der Waals surface area (Å²) in [6.07, 6.45) is 0. The molecule has 0 amide bonds. The number of nitrogens with two attached hydrogens (primary N) is 1. The maximum absolute atomic E-state index is 6.03. The third-order valence-corrected chi connectivity index (χ3v) is 4.14. The topological polar surface area (TPSA) is 30.9 Å². The van der Waals surface area contributed by atoms with Gasteiger partial charge in [-0.15, -0.1) is 0 Å². The van der Waals surface area contributed by atoms with E-state index in [9.17, 15) is 0 Å². The van der Waals surface area contributed by atoms with Crippen LogP contribution in [0.5, 0.6) is 0 Å². The van der Waals surface area contributed by atoms with Crippen molar-refractivity contribution in [3.63, 3.8) is 0 Å². The summed E-state index contributed by atoms with van der Waals surface area (Å²) in [7, 11) is 2.07. The van der Waals surface area contributed by atoms with E-state index < -0.39 is 0 Å². The summed E-state index contributed by atoms with van der Waals surface area (Å²) < 4.78 is 3.31. The first-order valence-electron chi connectivity index (χ1n) is 5.96. The fraction of sp³-hybridized carbons (Fsp3) is 0.429. The summed E-state index contributed by atoms with van der Waals surface area (Å²) in [6.45, 7) is 6.44. The Kier molecular flexibility index (Phi) is 3.32. The van der Waals surface area contributed by atoms with Crippen molar-refractivity contribution in [2.45, 2.75) is 32.7 Å². The Bertz CT molecular complexity index is 553. The maximum atomic E-state index is 6.03. The van der Waals surface area contributed by atoms with Crippen LogP contribution in [0.3, 0.4) is 0 Å². The molecule has 1 atom stereocenters. The number of halogens is 1. The fourth-order valence-electron chi connectivity index (χ4n) is 2.30. The third kappa shape index (κ3) is 2.02. The van der Waals surface area contributed by atoms with Gasteiger partial charge in [0.05, 0.1) is 0 Å². The van der Waals surface area contributed by atoms with Crippen LogP contribution < -0.4 is 5.73 Å². The molecule has 17 heavy (non-hydrogen) atoms. The van der Waals surface area contributed by atoms with Crippen LogP contribution >= 0.6 is 15.9 Å². The van der Waals surface area contributed by atoms with Gasteiger partial charge >= 0.3 is 0 Å². The van der Waals surface area contributed by atoms with E-state index >= 15 is 0 Å². The van der Waals surface area contributed by atoms with E-state index in [0.717, 1.165) is 10.2 Å². The van der Waals surface area contributed by atoms with Gasteiger partial charge < -0.3 is 10.3 Å². The van der Waals surface area contributed by atoms with Crippen LogP contribution in [0.25, 0.3) is 10.9 Å². The Hall–Kier alpha value is -0.800. The van der Waals surface area contributed by atoms with Gasteiger partial charge in [0, 0.05) is 34.2 Å². The van der Waals surface area contributed by atoms with Gasteiger partial charge in [-0.2, -0.15) is 0 Å². The lowest BCUT2D eigenvalue weighted by molar-refractivity contribution is 0.722. The van der Waals surface area contributed by atoms with Gasteiger partial charge in [0.25, 0.3) is 0 Å². The molecule has 0 aliphatic rings. The molecule has 1 unspecified atom stereocenters. The molecule has 92 valence electrons. The summed E-state index contributed by atoms with van der Waals surface area (Å²) in [5, 5.41) is 1.26. The zero-order valence-electron chi connectivity index (χ0n) is 10.8. The Morgan fingerprint density at radius 1 is 1.24 bits per heavy atom. The second kappa shape index (κ2) is 4.46. The molecule has 2 aromatic rings. The molecule has 0 radical (unpaired) electrons. The lowest BCUT2D eigenvalue weighted by Crippen LogP contribution is -2.10. The van der Waals surface area contributed by atoms with E-state index in [-0.39, 0.29) is 6.04 Å². The number of rotatable bonds is 2. The average molecular weight is 295 g/mol. The van der Waals surface area contributed by atoms with E-state index in [1.807, 2.05) is 6.92 Å². The molecule has 0 fully saturated rings. The lowest BCUT2D eigenvalue weighted by atomic mass is 10.0. The number of nitrogens with zero attached hydrogens (tertiary/aromatic N) is 1. The summed E-state index contributed by atoms with van der Waals surface area (Å²) >= 11 is 3.69. The SMILES string of the molecule is CC(C)c1ccc2c(c1)c(Br)c(C(C)N)n2C. The van der Waals surface area contributed by atoms with Gasteiger partial charge in [0.2, 0.25) is 0 Å². The number of benzene rings is 1. The molecule has 0 aliphatic heterocycles. The smallest absolute Gasteiger partial charge is 0.0494 e. The lowest BCUT2D eigenvalue weighted by Gasteiger charge is -2.08. The van der Waals surface area contributed by atoms with Crippen molar-refractivity contribution >= 4 is 26.8 Å². The molecule has 0 bridgehead atoms. The summed E-state index contributed by atoms with van der Waals surface area (Å²) in [6, 6.07) is 6.67. The van der Waals surface area contributed by atoms with Crippen molar-refractivity contribution in [1.82, 2.24) is 4.57 Å². The van der Waals surface area contributed by atoms with Gasteiger partial charge in [-0.3, -0.25) is 0 Å². The highest BCUT2D eigenvalue weighted by Crippen LogP contribution is 2.34. The Labute approximate surface area is 111 Å². The molecule has 1 aromatic heterocycles. The fourth-order valence-corrected chi connectivity index (χ4v) is 3.25. The highest BCUT2D eigenvalue weighted by Gasteiger charge is 2.16. The van der Waals surface area contributed by atoms with Crippen molar-refractivity contribution < 1.29 is 0 Å². The second-order valence-electron chi connectivity index (χ2n) is 4.98. The first-order valence-corrected chi connectivity index (χ1v) is 6.76. The van der Waals surface area contributed by atoms with Crippen molar-refractivity contribution in [2.75, 3.05) is 0 Å². The normalized spacial score (nSPS) is 13.6. The zero-order valence-corrected chi connectivity index (χ0v) is 12.4. The largest absolute Gasteiger partial charge is 0.345 e. The van der Waals surface area contributed by atoms with Crippen molar-refractivity contribution in [2.24, 2.45) is 12.8 Å². The van der Waals surface area contributed by atoms with Gasteiger partial charge in [-0.05, 0) is 46.5 Å². The monoisotopic (exact) mass is 294 g/mol. The van der Waals surface area contributed by atoms with Crippen LogP contribution in [0.2, 0.25) is 0 Å². The molecule has 0 aliphatic carbocycles. The molecule has 3 heteroatoms. The zero-order chi connectivity index (χ0) is 12.7. The van der Waals surface area contributed by atoms with E-state index in [0.29, 0.717) is 5.92 Å². The number of hydrogen-bond acceptors (Lipinski definition) is 1. The third-order valence-electron chi connectivity index (χ3n) is 3.30. The van der Waals surface area contributed by atoms with Crippen LogP contribution in [0, 0.1) is 0 Å². The standard InChI is InChI=1S/C14H19BrN2/c1-8(2)10-5-6-12-11(7-10)13(15)14(9(3)16)17(12)4/h5-9H,16H2,1-4H3. The van der Waals surface area contributed by atoms with Gasteiger partial charge in [-0.1, -0.05) is 19.9 Å². The minimum atomic E-state index is 0.0317. The molecule has 0 saturated heterocycles. The van der Waals surface area contributed by atoms with Gasteiger partial charge in [0.1, 0.15) is 0 Å². The van der Waals surface area contributed by atoms with Crippen molar-refractivity contribution in [3.8, 4) is 0 Å². The first kappa shape index (κ1) is 12.7. The Morgan fingerprint density at radius 2 is 1.88 bits per heavy atom. The van der Waals surface area contributed by atoms with E-state index in [4.69, 9.17) is 5.73 Å². The van der Waals surface area contributed by atoms with E-state index in [2.05, 4.69) is 59.6 Å². The van der Waals surface area contributed by atoms with E-state index in [1.54, 1.807) is 0 Å². The number of aromatic nitrogens is 1. The molecule has 2 N–H and O–H groups in total. The van der Waals surface area contributed by atoms with Crippen molar-refractivity contribution in [1.29, 1.82) is 0 Å². The minimum Gasteiger partial charge on any atom is -0.345 e. The number of hydrogen-bond donors (Lipinski definition) is 1. The molecule has 1 heterocycles. The molecule has 2 nitrogen and oxygen atoms in total. The predicted molar refractivity (Wildman–Crippen MR) is 77.3 cm³/mol. The maximum Gasteiger partial charge on any atom is 0.0494 e. The highest BCUT2D eigenvalue weighted by atomic mass is 79.9.